The van der Waals surface area contributed by atoms with Gasteiger partial charge >= 0.3 is 6.18 Å². The zero-order valence-electron chi connectivity index (χ0n) is 17.4. The summed E-state index contributed by atoms with van der Waals surface area (Å²) in [4.78, 5) is 12.9. The minimum atomic E-state index is -4.48. The van der Waals surface area contributed by atoms with Crippen LogP contribution in [0.2, 0.25) is 0 Å². The van der Waals surface area contributed by atoms with Gasteiger partial charge in [0.05, 0.1) is 16.5 Å². The molecule has 0 spiro atoms. The maximum absolute atomic E-state index is 13.0. The van der Waals surface area contributed by atoms with Crippen LogP contribution in [0.25, 0.3) is 0 Å². The van der Waals surface area contributed by atoms with Gasteiger partial charge in [-0.25, -0.2) is 8.42 Å². The molecule has 1 unspecified atom stereocenters. The largest absolute Gasteiger partial charge is 0.416 e. The first-order valence-corrected chi connectivity index (χ1v) is 11.5. The lowest BCUT2D eigenvalue weighted by atomic mass is 10.0. The Kier molecular flexibility index (Phi) is 6.76. The molecular formula is C22H25F3N2O3S. The maximum atomic E-state index is 13.0. The van der Waals surface area contributed by atoms with Crippen molar-refractivity contribution >= 4 is 15.9 Å². The van der Waals surface area contributed by atoms with Gasteiger partial charge in [-0.05, 0) is 62.1 Å². The fraction of sp³-hybridized carbons (Fsp3) is 0.409. The zero-order chi connectivity index (χ0) is 22.8. The molecule has 2 aromatic rings. The number of aryl methyl sites for hydroxylation is 1. The average Bonchev–Trinajstić information content (AvgIpc) is 2.74. The molecule has 0 saturated carbocycles. The molecule has 1 N–H and O–H groups in total. The molecule has 0 bridgehead atoms. The molecule has 2 aromatic carbocycles. The molecular weight excluding hydrogens is 429 g/mol. The third kappa shape index (κ3) is 5.27. The average molecular weight is 455 g/mol. The zero-order valence-corrected chi connectivity index (χ0v) is 18.2. The first-order chi connectivity index (χ1) is 14.5. The molecule has 31 heavy (non-hydrogen) atoms. The minimum absolute atomic E-state index is 0.0388. The predicted octanol–water partition coefficient (Wildman–Crippen LogP) is 4.68. The van der Waals surface area contributed by atoms with Crippen LogP contribution in [-0.4, -0.2) is 31.7 Å². The van der Waals surface area contributed by atoms with Crippen molar-refractivity contribution < 1.29 is 26.4 Å². The third-order valence-corrected chi connectivity index (χ3v) is 7.36. The topological polar surface area (TPSA) is 66.5 Å². The molecule has 3 rings (SSSR count). The fourth-order valence-electron chi connectivity index (χ4n) is 3.60. The van der Waals surface area contributed by atoms with Crippen molar-refractivity contribution in [3.8, 4) is 0 Å². The van der Waals surface area contributed by atoms with Crippen LogP contribution in [0.5, 0.6) is 0 Å². The van der Waals surface area contributed by atoms with Crippen LogP contribution in [0.15, 0.2) is 47.4 Å². The summed E-state index contributed by atoms with van der Waals surface area (Å²) in [5.74, 6) is -0.543. The molecule has 5 nitrogen and oxygen atoms in total. The quantitative estimate of drug-likeness (QED) is 0.714. The van der Waals surface area contributed by atoms with E-state index < -0.39 is 33.7 Å². The van der Waals surface area contributed by atoms with Crippen molar-refractivity contribution in [2.75, 3.05) is 13.1 Å². The summed E-state index contributed by atoms with van der Waals surface area (Å²) in [7, 11) is -3.71. The Balaban J connectivity index is 1.83. The van der Waals surface area contributed by atoms with E-state index >= 15 is 0 Å². The van der Waals surface area contributed by atoms with E-state index in [0.717, 1.165) is 31.4 Å². The number of carbonyl (C=O) groups is 1. The molecule has 1 amide bonds. The van der Waals surface area contributed by atoms with Gasteiger partial charge in [0.2, 0.25) is 10.0 Å². The molecule has 1 atom stereocenters. The monoisotopic (exact) mass is 454 g/mol. The first-order valence-electron chi connectivity index (χ1n) is 10.1. The van der Waals surface area contributed by atoms with Crippen molar-refractivity contribution in [1.82, 2.24) is 9.62 Å². The number of rotatable bonds is 5. The summed E-state index contributed by atoms with van der Waals surface area (Å²) in [6.45, 7) is 4.16. The fourth-order valence-corrected chi connectivity index (χ4v) is 5.15. The summed E-state index contributed by atoms with van der Waals surface area (Å²) in [6, 6.07) is 8.45. The summed E-state index contributed by atoms with van der Waals surface area (Å²) in [5, 5.41) is 2.68. The number of nitrogens with zero attached hydrogens (tertiary/aromatic N) is 1. The van der Waals surface area contributed by atoms with E-state index in [1.807, 2.05) is 0 Å². The summed E-state index contributed by atoms with van der Waals surface area (Å²) < 4.78 is 66.2. The van der Waals surface area contributed by atoms with E-state index in [1.165, 1.54) is 28.6 Å². The highest BCUT2D eigenvalue weighted by Gasteiger charge is 2.31. The van der Waals surface area contributed by atoms with Crippen LogP contribution in [0.3, 0.4) is 0 Å². The summed E-state index contributed by atoms with van der Waals surface area (Å²) in [5.41, 5.74) is 0.262. The standard InChI is InChI=1S/C22H25F3N2O3S/c1-15-9-10-19(31(29,30)27-11-4-3-5-12-27)14-20(15)21(28)26-16(2)17-7-6-8-18(13-17)22(23,24)25/h6-10,13-14,16H,3-5,11-12H2,1-2H3,(H,26,28). The Bertz CT molecular complexity index is 1060. The van der Waals surface area contributed by atoms with E-state index in [-0.39, 0.29) is 10.5 Å². The molecule has 1 heterocycles. The van der Waals surface area contributed by atoms with E-state index in [2.05, 4.69) is 5.32 Å². The number of benzene rings is 2. The lowest BCUT2D eigenvalue weighted by Gasteiger charge is -2.26. The van der Waals surface area contributed by atoms with Crippen LogP contribution in [0.1, 0.15) is 59.3 Å². The minimum Gasteiger partial charge on any atom is -0.346 e. The van der Waals surface area contributed by atoms with Gasteiger partial charge in [0.15, 0.2) is 0 Å². The number of sulfonamides is 1. The highest BCUT2D eigenvalue weighted by molar-refractivity contribution is 7.89. The van der Waals surface area contributed by atoms with Gasteiger partial charge in [0, 0.05) is 18.7 Å². The van der Waals surface area contributed by atoms with Crippen molar-refractivity contribution in [2.24, 2.45) is 0 Å². The van der Waals surface area contributed by atoms with Crippen molar-refractivity contribution in [3.63, 3.8) is 0 Å². The van der Waals surface area contributed by atoms with E-state index in [9.17, 15) is 26.4 Å². The Morgan fingerprint density at radius 2 is 1.74 bits per heavy atom. The number of nitrogens with one attached hydrogen (secondary N) is 1. The highest BCUT2D eigenvalue weighted by atomic mass is 32.2. The first kappa shape index (κ1) is 23.3. The lowest BCUT2D eigenvalue weighted by Crippen LogP contribution is -2.35. The Hall–Kier alpha value is -2.39. The van der Waals surface area contributed by atoms with Crippen LogP contribution in [0.4, 0.5) is 13.2 Å². The van der Waals surface area contributed by atoms with E-state index in [1.54, 1.807) is 19.9 Å². The molecule has 0 radical (unpaired) electrons. The lowest BCUT2D eigenvalue weighted by molar-refractivity contribution is -0.137. The van der Waals surface area contributed by atoms with E-state index in [0.29, 0.717) is 24.2 Å². The summed E-state index contributed by atoms with van der Waals surface area (Å²) >= 11 is 0. The van der Waals surface area contributed by atoms with Crippen molar-refractivity contribution in [1.29, 1.82) is 0 Å². The predicted molar refractivity (Wildman–Crippen MR) is 111 cm³/mol. The van der Waals surface area contributed by atoms with Gasteiger partial charge in [-0.3, -0.25) is 4.79 Å². The number of hydrogen-bond donors (Lipinski definition) is 1. The number of carbonyl (C=O) groups excluding carboxylic acids is 1. The van der Waals surface area contributed by atoms with Crippen molar-refractivity contribution in [3.05, 3.63) is 64.7 Å². The molecule has 1 aliphatic heterocycles. The Labute approximate surface area is 180 Å². The molecule has 9 heteroatoms. The SMILES string of the molecule is Cc1ccc(S(=O)(=O)N2CCCCC2)cc1C(=O)NC(C)c1cccc(C(F)(F)F)c1. The van der Waals surface area contributed by atoms with E-state index in [4.69, 9.17) is 0 Å². The van der Waals surface area contributed by atoms with Gasteiger partial charge in [0.1, 0.15) is 0 Å². The summed E-state index contributed by atoms with van der Waals surface area (Å²) in [6.07, 6.45) is -1.89. The second-order valence-corrected chi connectivity index (χ2v) is 9.70. The Morgan fingerprint density at radius 1 is 1.06 bits per heavy atom. The number of piperidine rings is 1. The van der Waals surface area contributed by atoms with Crippen LogP contribution < -0.4 is 5.32 Å². The van der Waals surface area contributed by atoms with Gasteiger partial charge in [0.25, 0.3) is 5.91 Å². The molecule has 1 fully saturated rings. The molecule has 168 valence electrons. The molecule has 0 aliphatic carbocycles. The molecule has 1 aliphatic rings. The second kappa shape index (κ2) is 9.00. The third-order valence-electron chi connectivity index (χ3n) is 5.47. The maximum Gasteiger partial charge on any atom is 0.416 e. The Morgan fingerprint density at radius 3 is 2.39 bits per heavy atom. The second-order valence-electron chi connectivity index (χ2n) is 7.76. The van der Waals surface area contributed by atoms with Gasteiger partial charge < -0.3 is 5.32 Å². The molecule has 1 saturated heterocycles. The molecule has 0 aromatic heterocycles. The normalized spacial score (nSPS) is 16.7. The smallest absolute Gasteiger partial charge is 0.346 e. The van der Waals surface area contributed by atoms with Crippen LogP contribution in [0, 0.1) is 6.92 Å². The number of halogens is 3. The highest BCUT2D eigenvalue weighted by Crippen LogP contribution is 2.31. The van der Waals surface area contributed by atoms with Crippen molar-refractivity contribution in [2.45, 2.75) is 50.2 Å². The number of alkyl halides is 3. The number of amides is 1. The van der Waals surface area contributed by atoms with Gasteiger partial charge in [-0.2, -0.15) is 17.5 Å². The van der Waals surface area contributed by atoms with Gasteiger partial charge in [-0.15, -0.1) is 0 Å². The number of hydrogen-bond acceptors (Lipinski definition) is 3. The van der Waals surface area contributed by atoms with Crippen LogP contribution >= 0.6 is 0 Å². The van der Waals surface area contributed by atoms with Crippen LogP contribution in [-0.2, 0) is 16.2 Å². The van der Waals surface area contributed by atoms with Gasteiger partial charge in [-0.1, -0.05) is 24.6 Å².